The van der Waals surface area contributed by atoms with Gasteiger partial charge in [-0.3, -0.25) is 4.72 Å². The monoisotopic (exact) mass is 536 g/mol. The van der Waals surface area contributed by atoms with E-state index in [1.807, 2.05) is 25.5 Å². The largest absolute Gasteiger partial charge is 0.368 e. The van der Waals surface area contributed by atoms with E-state index in [0.29, 0.717) is 17.2 Å². The number of nitrogens with one attached hydrogen (secondary N) is 2. The van der Waals surface area contributed by atoms with Gasteiger partial charge in [0.2, 0.25) is 5.95 Å². The molecule has 2 aromatic carbocycles. The zero-order valence-corrected chi connectivity index (χ0v) is 20.8. The molecule has 0 fully saturated rings. The Labute approximate surface area is 209 Å². The number of rotatable bonds is 5. The molecule has 0 aliphatic heterocycles. The van der Waals surface area contributed by atoms with Gasteiger partial charge >= 0.3 is 0 Å². The number of H-pyrrole nitrogens is 1. The lowest BCUT2D eigenvalue weighted by Crippen LogP contribution is -2.17. The van der Waals surface area contributed by atoms with Crippen LogP contribution in [0.5, 0.6) is 0 Å². The third-order valence-electron chi connectivity index (χ3n) is 5.07. The van der Waals surface area contributed by atoms with Crippen LogP contribution in [0.25, 0.3) is 22.6 Å². The summed E-state index contributed by atoms with van der Waals surface area (Å²) in [7, 11) is -4.82. The second-order valence-electron chi connectivity index (χ2n) is 8.83. The van der Waals surface area contributed by atoms with Gasteiger partial charge in [0.1, 0.15) is 23.3 Å². The lowest BCUT2D eigenvalue weighted by Gasteiger charge is -2.14. The van der Waals surface area contributed by atoms with Crippen molar-refractivity contribution >= 4 is 33.3 Å². The number of anilines is 2. The van der Waals surface area contributed by atoms with Crippen LogP contribution in [-0.2, 0) is 15.4 Å². The summed E-state index contributed by atoms with van der Waals surface area (Å²) in [5.74, 6) is -3.03. The first-order valence-electron chi connectivity index (χ1n) is 10.4. The minimum absolute atomic E-state index is 0.00214. The summed E-state index contributed by atoms with van der Waals surface area (Å²) in [6.07, 6.45) is 1.43. The molecule has 0 bridgehead atoms. The molecule has 0 aliphatic rings. The molecule has 0 atom stereocenters. The molecular formula is C23H20ClF3N6O2S. The summed E-state index contributed by atoms with van der Waals surface area (Å²) < 4.78 is 70.6. The van der Waals surface area contributed by atoms with Gasteiger partial charge in [0, 0.05) is 17.2 Å². The molecule has 188 valence electrons. The minimum atomic E-state index is -4.82. The first-order valence-corrected chi connectivity index (χ1v) is 12.3. The summed E-state index contributed by atoms with van der Waals surface area (Å²) in [6.45, 7) is 5.68. The highest BCUT2D eigenvalue weighted by atomic mass is 35.5. The van der Waals surface area contributed by atoms with E-state index in [4.69, 9.17) is 17.3 Å². The smallest absolute Gasteiger partial charge is 0.267 e. The molecule has 0 spiro atoms. The highest BCUT2D eigenvalue weighted by Gasteiger charge is 2.28. The van der Waals surface area contributed by atoms with Crippen LogP contribution in [0.2, 0.25) is 5.02 Å². The second-order valence-corrected chi connectivity index (χ2v) is 10.8. The van der Waals surface area contributed by atoms with E-state index >= 15 is 0 Å². The number of nitrogen functional groups attached to an aromatic ring is 1. The fraction of sp³-hybridized carbons (Fsp3) is 0.174. The highest BCUT2D eigenvalue weighted by Crippen LogP contribution is 2.40. The zero-order valence-electron chi connectivity index (χ0n) is 19.2. The second kappa shape index (κ2) is 9.10. The van der Waals surface area contributed by atoms with Gasteiger partial charge in [0.05, 0.1) is 27.8 Å². The number of benzene rings is 2. The Hall–Kier alpha value is -3.64. The van der Waals surface area contributed by atoms with Crippen LogP contribution in [-0.4, -0.2) is 28.4 Å². The third kappa shape index (κ3) is 4.86. The Kier molecular flexibility index (Phi) is 6.43. The van der Waals surface area contributed by atoms with Gasteiger partial charge in [-0.05, 0) is 30.3 Å². The molecule has 4 aromatic rings. The van der Waals surface area contributed by atoms with Crippen molar-refractivity contribution in [3.8, 4) is 22.6 Å². The van der Waals surface area contributed by atoms with Crippen LogP contribution in [0.1, 0.15) is 26.6 Å². The van der Waals surface area contributed by atoms with Crippen molar-refractivity contribution in [3.05, 3.63) is 70.9 Å². The molecule has 13 heteroatoms. The predicted octanol–water partition coefficient (Wildman–Crippen LogP) is 5.28. The van der Waals surface area contributed by atoms with Gasteiger partial charge < -0.3 is 10.7 Å². The van der Waals surface area contributed by atoms with Gasteiger partial charge in [0.25, 0.3) is 10.0 Å². The first-order chi connectivity index (χ1) is 16.8. The van der Waals surface area contributed by atoms with E-state index in [-0.39, 0.29) is 22.2 Å². The SMILES string of the molecule is CC(C)(C)c1nc(-c2cc(F)cc(NS(=O)(=O)c3c(F)cccc3F)c2Cl)c(-c2ccnc(N)n2)[nH]1. The van der Waals surface area contributed by atoms with Crippen LogP contribution in [0.3, 0.4) is 0 Å². The van der Waals surface area contributed by atoms with E-state index in [9.17, 15) is 21.6 Å². The Morgan fingerprint density at radius 1 is 1.06 bits per heavy atom. The molecule has 0 amide bonds. The fourth-order valence-corrected chi connectivity index (χ4v) is 4.90. The predicted molar refractivity (Wildman–Crippen MR) is 130 cm³/mol. The van der Waals surface area contributed by atoms with Gasteiger partial charge in [-0.2, -0.15) is 0 Å². The van der Waals surface area contributed by atoms with E-state index in [2.05, 4.69) is 19.9 Å². The molecule has 4 rings (SSSR count). The summed E-state index contributed by atoms with van der Waals surface area (Å²) in [6, 6.07) is 5.99. The molecule has 0 saturated heterocycles. The maximum atomic E-state index is 14.7. The maximum absolute atomic E-state index is 14.7. The van der Waals surface area contributed by atoms with Crippen LogP contribution in [0.4, 0.5) is 24.8 Å². The number of halogens is 4. The number of imidazole rings is 1. The summed E-state index contributed by atoms with van der Waals surface area (Å²) in [5, 5.41) is -0.257. The number of hydrogen-bond donors (Lipinski definition) is 3. The topological polar surface area (TPSA) is 127 Å². The molecular weight excluding hydrogens is 517 g/mol. The quantitative estimate of drug-likeness (QED) is 0.318. The zero-order chi connectivity index (χ0) is 26.4. The van der Waals surface area contributed by atoms with Crippen LogP contribution < -0.4 is 10.5 Å². The number of hydrogen-bond acceptors (Lipinski definition) is 6. The van der Waals surface area contributed by atoms with E-state index in [0.717, 1.165) is 30.3 Å². The van der Waals surface area contributed by atoms with Crippen molar-refractivity contribution in [3.63, 3.8) is 0 Å². The molecule has 36 heavy (non-hydrogen) atoms. The fourth-order valence-electron chi connectivity index (χ4n) is 3.39. The number of aromatic amines is 1. The summed E-state index contributed by atoms with van der Waals surface area (Å²) >= 11 is 6.51. The van der Waals surface area contributed by atoms with Gasteiger partial charge in [-0.1, -0.05) is 38.4 Å². The Morgan fingerprint density at radius 2 is 1.72 bits per heavy atom. The molecule has 0 aliphatic carbocycles. The van der Waals surface area contributed by atoms with E-state index in [1.54, 1.807) is 6.07 Å². The molecule has 0 unspecified atom stereocenters. The van der Waals surface area contributed by atoms with Crippen molar-refractivity contribution in [2.75, 3.05) is 10.5 Å². The molecule has 0 saturated carbocycles. The van der Waals surface area contributed by atoms with Crippen molar-refractivity contribution in [1.82, 2.24) is 19.9 Å². The van der Waals surface area contributed by atoms with Crippen LogP contribution >= 0.6 is 11.6 Å². The molecule has 8 nitrogen and oxygen atoms in total. The van der Waals surface area contributed by atoms with Gasteiger partial charge in [-0.15, -0.1) is 0 Å². The van der Waals surface area contributed by atoms with E-state index in [1.165, 1.54) is 6.20 Å². The standard InChI is InChI=1S/C23H20ClF3N6O2S/c1-23(2,3)21-31-18(19(32-21)15-7-8-29-22(28)30-15)12-9-11(25)10-16(17(12)24)33-36(34,35)20-13(26)5-4-6-14(20)27/h4-10,33H,1-3H3,(H,31,32)(H2,28,29,30). The number of aromatic nitrogens is 4. The summed E-state index contributed by atoms with van der Waals surface area (Å²) in [5.41, 5.74) is 5.62. The minimum Gasteiger partial charge on any atom is -0.368 e. The number of sulfonamides is 1. The van der Waals surface area contributed by atoms with Crippen LogP contribution in [0, 0.1) is 17.5 Å². The number of nitrogens with two attached hydrogens (primary N) is 1. The lowest BCUT2D eigenvalue weighted by atomic mass is 9.96. The normalized spacial score (nSPS) is 12.1. The van der Waals surface area contributed by atoms with Gasteiger partial charge in [0.15, 0.2) is 4.90 Å². The summed E-state index contributed by atoms with van der Waals surface area (Å²) in [4.78, 5) is 14.5. The van der Waals surface area contributed by atoms with Crippen molar-refractivity contribution in [2.24, 2.45) is 0 Å². The van der Waals surface area contributed by atoms with Crippen molar-refractivity contribution in [1.29, 1.82) is 0 Å². The molecule has 0 radical (unpaired) electrons. The molecule has 2 heterocycles. The maximum Gasteiger partial charge on any atom is 0.267 e. The van der Waals surface area contributed by atoms with E-state index < -0.39 is 43.5 Å². The van der Waals surface area contributed by atoms with Crippen molar-refractivity contribution < 1.29 is 21.6 Å². The average Bonchev–Trinajstić information content (AvgIpc) is 3.21. The Bertz CT molecular complexity index is 1570. The third-order valence-corrected chi connectivity index (χ3v) is 6.89. The van der Waals surface area contributed by atoms with Crippen molar-refractivity contribution in [2.45, 2.75) is 31.1 Å². The van der Waals surface area contributed by atoms with Crippen LogP contribution in [0.15, 0.2) is 47.5 Å². The highest BCUT2D eigenvalue weighted by molar-refractivity contribution is 7.92. The Morgan fingerprint density at radius 3 is 2.33 bits per heavy atom. The van der Waals surface area contributed by atoms with Gasteiger partial charge in [-0.25, -0.2) is 36.5 Å². The molecule has 4 N–H and O–H groups in total. The lowest BCUT2D eigenvalue weighted by molar-refractivity contribution is 0.521. The molecule has 2 aromatic heterocycles. The first kappa shape index (κ1) is 25.5. The Balaban J connectivity index is 1.90. The average molecular weight is 537 g/mol. The number of nitrogens with zero attached hydrogens (tertiary/aromatic N) is 3.